The second-order valence-corrected chi connectivity index (χ2v) is 6.13. The lowest BCUT2D eigenvalue weighted by Crippen LogP contribution is -2.26. The number of halogens is 1. The molecule has 0 aliphatic rings. The van der Waals surface area contributed by atoms with Gasteiger partial charge in [0.2, 0.25) is 0 Å². The predicted molar refractivity (Wildman–Crippen MR) is 72.1 cm³/mol. The highest BCUT2D eigenvalue weighted by Crippen LogP contribution is 2.23. The van der Waals surface area contributed by atoms with Crippen LogP contribution in [0, 0.1) is 0 Å². The molecule has 0 bridgehead atoms. The van der Waals surface area contributed by atoms with Crippen molar-refractivity contribution in [3.8, 4) is 0 Å². The highest BCUT2D eigenvalue weighted by atomic mass is 79.9. The Hall–Kier alpha value is -1.20. The number of aromatic nitrogens is 1. The molecule has 0 saturated heterocycles. The fourth-order valence-electron chi connectivity index (χ4n) is 1.43. The van der Waals surface area contributed by atoms with Gasteiger partial charge in [0.05, 0.1) is 10.3 Å². The average molecular weight is 311 g/mol. The molecule has 0 spiro atoms. The Labute approximate surface area is 112 Å². The van der Waals surface area contributed by atoms with Crippen molar-refractivity contribution in [3.05, 3.63) is 50.9 Å². The molecule has 17 heavy (non-hydrogen) atoms. The summed E-state index contributed by atoms with van der Waals surface area (Å²) in [6.07, 6.45) is 1.63. The largest absolute Gasteiger partial charge is 0.335 e. The minimum Gasteiger partial charge on any atom is -0.335 e. The minimum absolute atomic E-state index is 0.0601. The highest BCUT2D eigenvalue weighted by Gasteiger charge is 2.13. The maximum absolute atomic E-state index is 12.0. The molecule has 2 aromatic heterocycles. The molecule has 0 N–H and O–H groups in total. The van der Waals surface area contributed by atoms with Gasteiger partial charge in [-0.15, -0.1) is 11.3 Å². The van der Waals surface area contributed by atoms with Crippen LogP contribution in [0.25, 0.3) is 0 Å². The van der Waals surface area contributed by atoms with E-state index >= 15 is 0 Å². The van der Waals surface area contributed by atoms with Crippen molar-refractivity contribution in [1.29, 1.82) is 0 Å². The van der Waals surface area contributed by atoms with E-state index in [4.69, 9.17) is 0 Å². The zero-order valence-electron chi connectivity index (χ0n) is 9.26. The van der Waals surface area contributed by atoms with Gasteiger partial charge in [0, 0.05) is 18.1 Å². The average Bonchev–Trinajstić information content (AvgIpc) is 2.75. The third kappa shape index (κ3) is 3.14. The van der Waals surface area contributed by atoms with Crippen LogP contribution in [0.3, 0.4) is 0 Å². The first-order chi connectivity index (χ1) is 8.16. The minimum atomic E-state index is -0.0601. The van der Waals surface area contributed by atoms with Crippen molar-refractivity contribution in [2.24, 2.45) is 0 Å². The van der Waals surface area contributed by atoms with E-state index < -0.39 is 0 Å². The Bertz CT molecular complexity index is 512. The lowest BCUT2D eigenvalue weighted by atomic mass is 10.3. The quantitative estimate of drug-likeness (QED) is 0.872. The van der Waals surface area contributed by atoms with E-state index in [2.05, 4.69) is 20.9 Å². The van der Waals surface area contributed by atoms with Crippen LogP contribution >= 0.6 is 27.3 Å². The van der Waals surface area contributed by atoms with Crippen LogP contribution < -0.4 is 0 Å². The van der Waals surface area contributed by atoms with Gasteiger partial charge >= 0.3 is 0 Å². The maximum atomic E-state index is 12.0. The molecule has 2 rings (SSSR count). The number of carbonyl (C=O) groups excluding carboxylic acids is 1. The van der Waals surface area contributed by atoms with Crippen LogP contribution in [0.1, 0.15) is 15.4 Å². The first kappa shape index (κ1) is 12.3. The van der Waals surface area contributed by atoms with Gasteiger partial charge in [-0.3, -0.25) is 9.78 Å². The Balaban J connectivity index is 2.06. The Morgan fingerprint density at radius 1 is 1.41 bits per heavy atom. The van der Waals surface area contributed by atoms with Crippen molar-refractivity contribution in [1.82, 2.24) is 9.88 Å². The molecular formula is C12H11BrN2OS. The first-order valence-corrected chi connectivity index (χ1v) is 6.68. The van der Waals surface area contributed by atoms with Gasteiger partial charge in [-0.2, -0.15) is 0 Å². The van der Waals surface area contributed by atoms with Crippen LogP contribution in [-0.4, -0.2) is 22.8 Å². The van der Waals surface area contributed by atoms with Gasteiger partial charge in [-0.25, -0.2) is 0 Å². The molecule has 0 fully saturated rings. The third-order valence-corrected chi connectivity index (χ3v) is 3.86. The molecule has 0 aliphatic heterocycles. The Kier molecular flexibility index (Phi) is 3.91. The monoisotopic (exact) mass is 310 g/mol. The van der Waals surface area contributed by atoms with Crippen molar-refractivity contribution in [2.45, 2.75) is 6.54 Å². The van der Waals surface area contributed by atoms with Gasteiger partial charge in [0.15, 0.2) is 0 Å². The number of pyridine rings is 1. The molecule has 2 heterocycles. The fraction of sp³-hybridized carbons (Fsp3) is 0.167. The molecule has 0 saturated carbocycles. The summed E-state index contributed by atoms with van der Waals surface area (Å²) in [4.78, 5) is 18.9. The summed E-state index contributed by atoms with van der Waals surface area (Å²) in [5.74, 6) is -0.0601. The van der Waals surface area contributed by atoms with Crippen LogP contribution in [0.15, 0.2) is 40.3 Å². The van der Waals surface area contributed by atoms with Gasteiger partial charge in [-0.1, -0.05) is 6.07 Å². The van der Waals surface area contributed by atoms with E-state index in [-0.39, 0.29) is 5.91 Å². The first-order valence-electron chi connectivity index (χ1n) is 5.07. The van der Waals surface area contributed by atoms with Gasteiger partial charge < -0.3 is 4.90 Å². The summed E-state index contributed by atoms with van der Waals surface area (Å²) in [7, 11) is 1.78. The van der Waals surface area contributed by atoms with Crippen molar-refractivity contribution < 1.29 is 4.79 Å². The number of nitrogens with zero attached hydrogens (tertiary/aromatic N) is 2. The molecule has 1 amide bonds. The topological polar surface area (TPSA) is 33.2 Å². The van der Waals surface area contributed by atoms with E-state index in [0.29, 0.717) is 12.2 Å². The number of carbonyl (C=O) groups is 1. The van der Waals surface area contributed by atoms with E-state index in [0.717, 1.165) is 8.66 Å². The number of amides is 1. The molecule has 0 atom stereocenters. The summed E-state index contributed by atoms with van der Waals surface area (Å²) < 4.78 is 1.08. The van der Waals surface area contributed by atoms with Crippen molar-refractivity contribution in [2.75, 3.05) is 7.05 Å². The van der Waals surface area contributed by atoms with Crippen molar-refractivity contribution >= 4 is 33.2 Å². The number of hydrogen-bond donors (Lipinski definition) is 0. The highest BCUT2D eigenvalue weighted by molar-refractivity contribution is 9.11. The van der Waals surface area contributed by atoms with E-state index in [1.807, 2.05) is 18.2 Å². The Morgan fingerprint density at radius 2 is 2.24 bits per heavy atom. The molecular weight excluding hydrogens is 300 g/mol. The molecule has 0 aliphatic carbocycles. The molecule has 0 unspecified atom stereocenters. The number of hydrogen-bond acceptors (Lipinski definition) is 3. The maximum Gasteiger partial charge on any atom is 0.272 e. The van der Waals surface area contributed by atoms with Crippen LogP contribution in [0.2, 0.25) is 0 Å². The molecule has 5 heteroatoms. The standard InChI is InChI=1S/C12H11BrN2OS/c1-15(8-9-5-6-11(13)17-9)12(16)10-4-2-3-7-14-10/h2-7H,8H2,1H3. The summed E-state index contributed by atoms with van der Waals surface area (Å²) in [6.45, 7) is 0.603. The number of thiophene rings is 1. The lowest BCUT2D eigenvalue weighted by molar-refractivity contribution is 0.0780. The summed E-state index contributed by atoms with van der Waals surface area (Å²) >= 11 is 5.04. The lowest BCUT2D eigenvalue weighted by Gasteiger charge is -2.15. The van der Waals surface area contributed by atoms with Gasteiger partial charge in [-0.05, 0) is 40.2 Å². The summed E-state index contributed by atoms with van der Waals surface area (Å²) in [6, 6.07) is 9.34. The number of rotatable bonds is 3. The second kappa shape index (κ2) is 5.42. The van der Waals surface area contributed by atoms with Crippen LogP contribution in [0.4, 0.5) is 0 Å². The molecule has 0 radical (unpaired) electrons. The second-order valence-electron chi connectivity index (χ2n) is 3.58. The third-order valence-electron chi connectivity index (χ3n) is 2.25. The smallest absolute Gasteiger partial charge is 0.272 e. The van der Waals surface area contributed by atoms with Crippen LogP contribution in [0.5, 0.6) is 0 Å². The molecule has 88 valence electrons. The zero-order valence-corrected chi connectivity index (χ0v) is 11.7. The fourth-order valence-corrected chi connectivity index (χ4v) is 2.96. The normalized spacial score (nSPS) is 10.2. The summed E-state index contributed by atoms with van der Waals surface area (Å²) in [5, 5.41) is 0. The van der Waals surface area contributed by atoms with E-state index in [1.165, 1.54) is 0 Å². The predicted octanol–water partition coefficient (Wildman–Crippen LogP) is 3.18. The van der Waals surface area contributed by atoms with E-state index in [1.54, 1.807) is 41.6 Å². The van der Waals surface area contributed by atoms with Crippen LogP contribution in [-0.2, 0) is 6.54 Å². The van der Waals surface area contributed by atoms with E-state index in [9.17, 15) is 4.79 Å². The van der Waals surface area contributed by atoms with Crippen molar-refractivity contribution in [3.63, 3.8) is 0 Å². The zero-order chi connectivity index (χ0) is 12.3. The molecule has 3 nitrogen and oxygen atoms in total. The molecule has 2 aromatic rings. The SMILES string of the molecule is CN(Cc1ccc(Br)s1)C(=O)c1ccccn1. The molecule has 0 aromatic carbocycles. The summed E-state index contributed by atoms with van der Waals surface area (Å²) in [5.41, 5.74) is 0.477. The van der Waals surface area contributed by atoms with Gasteiger partial charge in [0.1, 0.15) is 5.69 Å². The van der Waals surface area contributed by atoms with Gasteiger partial charge in [0.25, 0.3) is 5.91 Å². The Morgan fingerprint density at radius 3 is 2.82 bits per heavy atom.